The average molecular weight is 663 g/mol. The molecule has 2 aliphatic carbocycles. The highest BCUT2D eigenvalue weighted by molar-refractivity contribution is 5.77. The SMILES string of the molecule is C=C(/C=C\C=C(/C)C1C(=C)\C=C/C=C(C)/C(/C=C(\C)C(C)(C)C)=C(/C)CCc2ccccc2C2=C1C=CCC2)c1cc(C(C)(C)C)ccc1C. The second-order valence-electron chi connectivity index (χ2n) is 16.6. The Morgan fingerprint density at radius 3 is 2.30 bits per heavy atom. The highest BCUT2D eigenvalue weighted by Crippen LogP contribution is 2.41. The van der Waals surface area contributed by atoms with Crippen LogP contribution in [-0.2, 0) is 11.8 Å². The molecule has 4 rings (SSSR count). The summed E-state index contributed by atoms with van der Waals surface area (Å²) >= 11 is 0. The molecule has 50 heavy (non-hydrogen) atoms. The third-order valence-corrected chi connectivity index (χ3v) is 10.6. The van der Waals surface area contributed by atoms with E-state index in [0.29, 0.717) is 0 Å². The predicted molar refractivity (Wildman–Crippen MR) is 223 cm³/mol. The Labute approximate surface area is 305 Å². The molecule has 0 amide bonds. The quantitative estimate of drug-likeness (QED) is 0.280. The van der Waals surface area contributed by atoms with Crippen molar-refractivity contribution in [1.29, 1.82) is 0 Å². The molecule has 0 fully saturated rings. The lowest BCUT2D eigenvalue weighted by Crippen LogP contribution is -2.12. The molecule has 0 heteroatoms. The number of allylic oxidation sites excluding steroid dienone is 18. The molecule has 0 N–H and O–H groups in total. The Morgan fingerprint density at radius 1 is 0.880 bits per heavy atom. The minimum Gasteiger partial charge on any atom is -0.0949 e. The molecular weight excluding hydrogens is 601 g/mol. The van der Waals surface area contributed by atoms with Crippen LogP contribution in [0.1, 0.15) is 116 Å². The van der Waals surface area contributed by atoms with Crippen molar-refractivity contribution in [2.24, 2.45) is 11.3 Å². The molecule has 1 unspecified atom stereocenters. The topological polar surface area (TPSA) is 0 Å². The van der Waals surface area contributed by atoms with Crippen molar-refractivity contribution in [3.8, 4) is 0 Å². The zero-order chi connectivity index (χ0) is 36.8. The molecular formula is C50H62. The second kappa shape index (κ2) is 16.2. The van der Waals surface area contributed by atoms with Crippen LogP contribution in [-0.4, -0.2) is 0 Å². The van der Waals surface area contributed by atoms with Gasteiger partial charge in [-0.2, -0.15) is 0 Å². The maximum Gasteiger partial charge on any atom is 0.0296 e. The third kappa shape index (κ3) is 9.54. The molecule has 0 aliphatic heterocycles. The molecule has 0 radical (unpaired) electrons. The molecule has 0 saturated heterocycles. The Morgan fingerprint density at radius 2 is 1.60 bits per heavy atom. The van der Waals surface area contributed by atoms with E-state index in [-0.39, 0.29) is 16.7 Å². The normalized spacial score (nSPS) is 21.8. The van der Waals surface area contributed by atoms with E-state index in [1.54, 1.807) is 0 Å². The number of hydrogen-bond acceptors (Lipinski definition) is 0. The van der Waals surface area contributed by atoms with E-state index < -0.39 is 0 Å². The van der Waals surface area contributed by atoms with E-state index in [9.17, 15) is 0 Å². The van der Waals surface area contributed by atoms with Crippen LogP contribution in [0.4, 0.5) is 0 Å². The fraction of sp³-hybridized carbons (Fsp3) is 0.360. The number of fused-ring (bicyclic) bond motifs is 2. The lowest BCUT2D eigenvalue weighted by atomic mass is 9.77. The summed E-state index contributed by atoms with van der Waals surface area (Å²) in [5.41, 5.74) is 18.5. The molecule has 0 saturated carbocycles. The van der Waals surface area contributed by atoms with E-state index in [2.05, 4.69) is 180 Å². The first-order valence-electron chi connectivity index (χ1n) is 18.5. The van der Waals surface area contributed by atoms with Crippen LogP contribution < -0.4 is 0 Å². The minimum atomic E-state index is 0.0613. The van der Waals surface area contributed by atoms with Gasteiger partial charge in [0, 0.05) is 5.92 Å². The van der Waals surface area contributed by atoms with E-state index in [4.69, 9.17) is 6.58 Å². The second-order valence-corrected chi connectivity index (χ2v) is 16.6. The molecule has 0 nitrogen and oxygen atoms in total. The first-order valence-corrected chi connectivity index (χ1v) is 18.5. The Hall–Kier alpha value is -4.16. The summed E-state index contributed by atoms with van der Waals surface area (Å²) in [6.45, 7) is 34.2. The summed E-state index contributed by atoms with van der Waals surface area (Å²) in [5, 5.41) is 0. The molecule has 2 aromatic carbocycles. The van der Waals surface area contributed by atoms with E-state index in [1.165, 1.54) is 66.8 Å². The van der Waals surface area contributed by atoms with Gasteiger partial charge in [0.15, 0.2) is 0 Å². The van der Waals surface area contributed by atoms with Gasteiger partial charge in [-0.25, -0.2) is 0 Å². The fourth-order valence-electron chi connectivity index (χ4n) is 6.92. The summed E-state index contributed by atoms with van der Waals surface area (Å²) in [5.74, 6) is 0.0613. The van der Waals surface area contributed by atoms with Gasteiger partial charge in [-0.05, 0) is 132 Å². The first-order chi connectivity index (χ1) is 23.5. The van der Waals surface area contributed by atoms with Gasteiger partial charge >= 0.3 is 0 Å². The van der Waals surface area contributed by atoms with Gasteiger partial charge < -0.3 is 0 Å². The van der Waals surface area contributed by atoms with Gasteiger partial charge in [0.05, 0.1) is 0 Å². The highest BCUT2D eigenvalue weighted by atomic mass is 14.3. The van der Waals surface area contributed by atoms with Gasteiger partial charge in [-0.15, -0.1) is 0 Å². The lowest BCUT2D eigenvalue weighted by Gasteiger charge is -2.27. The van der Waals surface area contributed by atoms with Crippen LogP contribution in [0.25, 0.3) is 11.1 Å². The Kier molecular flexibility index (Phi) is 12.6. The molecule has 1 atom stereocenters. The Balaban J connectivity index is 1.83. The monoisotopic (exact) mass is 662 g/mol. The molecule has 262 valence electrons. The Bertz CT molecular complexity index is 1860. The first kappa shape index (κ1) is 38.6. The van der Waals surface area contributed by atoms with Crippen molar-refractivity contribution in [3.05, 3.63) is 177 Å². The summed E-state index contributed by atoms with van der Waals surface area (Å²) in [6, 6.07) is 15.9. The predicted octanol–water partition coefficient (Wildman–Crippen LogP) is 14.5. The van der Waals surface area contributed by atoms with Gasteiger partial charge in [0.25, 0.3) is 0 Å². The number of rotatable bonds is 5. The van der Waals surface area contributed by atoms with Crippen LogP contribution in [0, 0.1) is 18.3 Å². The molecule has 0 spiro atoms. The lowest BCUT2D eigenvalue weighted by molar-refractivity contribution is 0.503. The smallest absolute Gasteiger partial charge is 0.0296 e. The molecule has 0 heterocycles. The molecule has 0 aromatic heterocycles. The number of hydrogen-bond donors (Lipinski definition) is 0. The van der Waals surface area contributed by atoms with Crippen molar-refractivity contribution in [2.75, 3.05) is 0 Å². The van der Waals surface area contributed by atoms with Gasteiger partial charge in [-0.1, -0.05) is 169 Å². The van der Waals surface area contributed by atoms with Crippen molar-refractivity contribution < 1.29 is 0 Å². The molecule has 2 aromatic rings. The van der Waals surface area contributed by atoms with Crippen molar-refractivity contribution in [1.82, 2.24) is 0 Å². The zero-order valence-electron chi connectivity index (χ0n) is 33.1. The van der Waals surface area contributed by atoms with Crippen molar-refractivity contribution in [2.45, 2.75) is 107 Å². The molecule has 2 aliphatic rings. The highest BCUT2D eigenvalue weighted by Gasteiger charge is 2.24. The summed E-state index contributed by atoms with van der Waals surface area (Å²) in [6.07, 6.45) is 24.6. The van der Waals surface area contributed by atoms with Crippen LogP contribution in [0.5, 0.6) is 0 Å². The van der Waals surface area contributed by atoms with Crippen molar-refractivity contribution in [3.63, 3.8) is 0 Å². The number of benzene rings is 2. The van der Waals surface area contributed by atoms with Crippen LogP contribution in [0.2, 0.25) is 0 Å². The average Bonchev–Trinajstić information content (AvgIpc) is 3.05. The number of aryl methyl sites for hydroxylation is 2. The summed E-state index contributed by atoms with van der Waals surface area (Å²) in [4.78, 5) is 0. The maximum atomic E-state index is 4.72. The van der Waals surface area contributed by atoms with Crippen LogP contribution >= 0.6 is 0 Å². The standard InChI is InChI=1S/C50H62/c1-34-20-18-22-38(5)48(39(6)23-19-21-35(2)47-33-42(50(11,12)13)31-29-37(47)4)45-27-17-16-26-44(45)43-25-15-14-24-41(43)30-28-36(3)46(34)32-40(7)49(8,9)10/h14-15,17-25,27,29,31-33,48H,2,5,16,26,28,30H2,1,3-4,6-13H3/b21-19-,22-18-,34-20+,39-23+,40-32+,46-36-. The van der Waals surface area contributed by atoms with Crippen molar-refractivity contribution >= 4 is 11.1 Å². The summed E-state index contributed by atoms with van der Waals surface area (Å²) in [7, 11) is 0. The van der Waals surface area contributed by atoms with Crippen LogP contribution in [0.3, 0.4) is 0 Å². The fourth-order valence-corrected chi connectivity index (χ4v) is 6.92. The summed E-state index contributed by atoms with van der Waals surface area (Å²) < 4.78 is 0. The van der Waals surface area contributed by atoms with E-state index in [1.807, 2.05) is 0 Å². The minimum absolute atomic E-state index is 0.0613. The maximum absolute atomic E-state index is 4.72. The van der Waals surface area contributed by atoms with E-state index >= 15 is 0 Å². The zero-order valence-corrected chi connectivity index (χ0v) is 33.1. The largest absolute Gasteiger partial charge is 0.0949 e. The van der Waals surface area contributed by atoms with Gasteiger partial charge in [0.2, 0.25) is 0 Å². The third-order valence-electron chi connectivity index (χ3n) is 10.6. The van der Waals surface area contributed by atoms with E-state index in [0.717, 1.165) is 36.8 Å². The van der Waals surface area contributed by atoms with Crippen LogP contribution in [0.15, 0.2) is 149 Å². The van der Waals surface area contributed by atoms with Gasteiger partial charge in [-0.3, -0.25) is 0 Å². The molecule has 0 bridgehead atoms. The van der Waals surface area contributed by atoms with Gasteiger partial charge in [0.1, 0.15) is 0 Å².